The maximum absolute atomic E-state index is 14.2. The highest BCUT2D eigenvalue weighted by atomic mass is 32.1. The van der Waals surface area contributed by atoms with Gasteiger partial charge in [-0.15, -0.1) is 11.3 Å². The fraction of sp³-hybridized carbons (Fsp3) is 0.629. The molecule has 1 aliphatic heterocycles. The number of likely N-dealkylation sites (tertiary alicyclic amines) is 1. The zero-order valence-corrected chi connectivity index (χ0v) is 29.9. The third-order valence-corrected chi connectivity index (χ3v) is 10.1. The average Bonchev–Trinajstić information content (AvgIpc) is 3.83. The third kappa shape index (κ3) is 11.2. The number of nitrogens with two attached hydrogens (primary N) is 1. The van der Waals surface area contributed by atoms with E-state index in [2.05, 4.69) is 5.32 Å². The van der Waals surface area contributed by atoms with Gasteiger partial charge < -0.3 is 40.0 Å². The van der Waals surface area contributed by atoms with Gasteiger partial charge in [-0.25, -0.2) is 9.78 Å². The fourth-order valence-corrected chi connectivity index (χ4v) is 7.14. The first-order valence-electron chi connectivity index (χ1n) is 17.4. The van der Waals surface area contributed by atoms with Gasteiger partial charge in [-0.05, 0) is 50.7 Å². The smallest absolute Gasteiger partial charge is 0.407 e. The number of amides is 3. The van der Waals surface area contributed by atoms with Gasteiger partial charge in [0.25, 0.3) is 0 Å². The molecule has 14 nitrogen and oxygen atoms in total. The maximum atomic E-state index is 14.2. The van der Waals surface area contributed by atoms with Gasteiger partial charge in [-0.2, -0.15) is 0 Å². The van der Waals surface area contributed by atoms with E-state index < -0.39 is 24.1 Å². The molecule has 0 radical (unpaired) electrons. The van der Waals surface area contributed by atoms with Crippen molar-refractivity contribution in [3.63, 3.8) is 0 Å². The van der Waals surface area contributed by atoms with Crippen LogP contribution in [0.5, 0.6) is 5.75 Å². The Bertz CT molecular complexity index is 1400. The van der Waals surface area contributed by atoms with Crippen molar-refractivity contribution >= 4 is 35.0 Å². The Balaban J connectivity index is 1.33. The van der Waals surface area contributed by atoms with E-state index in [9.17, 15) is 24.3 Å². The number of nitrogens with one attached hydrogen (secondary N) is 1. The molecule has 2 heterocycles. The van der Waals surface area contributed by atoms with Gasteiger partial charge in [0.1, 0.15) is 35.1 Å². The fourth-order valence-electron chi connectivity index (χ4n) is 6.19. The van der Waals surface area contributed by atoms with E-state index in [4.69, 9.17) is 29.7 Å². The molecule has 1 aromatic heterocycles. The van der Waals surface area contributed by atoms with Crippen molar-refractivity contribution in [2.24, 2.45) is 11.7 Å². The lowest BCUT2D eigenvalue weighted by Crippen LogP contribution is -2.56. The predicted octanol–water partition coefficient (Wildman–Crippen LogP) is 3.49. The number of carboxylic acid groups (broad SMARTS) is 1. The van der Waals surface area contributed by atoms with E-state index in [0.717, 1.165) is 43.4 Å². The van der Waals surface area contributed by atoms with Crippen molar-refractivity contribution in [1.29, 1.82) is 0 Å². The zero-order chi connectivity index (χ0) is 35.9. The van der Waals surface area contributed by atoms with Crippen molar-refractivity contribution in [3.8, 4) is 5.75 Å². The summed E-state index contributed by atoms with van der Waals surface area (Å²) in [5, 5.41) is 14.7. The Morgan fingerprint density at radius 2 is 1.68 bits per heavy atom. The molecule has 50 heavy (non-hydrogen) atoms. The van der Waals surface area contributed by atoms with E-state index in [1.165, 1.54) is 25.3 Å². The number of ether oxygens (including phenoxy) is 4. The number of rotatable bonds is 20. The highest BCUT2D eigenvalue weighted by Gasteiger charge is 2.40. The summed E-state index contributed by atoms with van der Waals surface area (Å²) in [5.74, 6) is -0.432. The van der Waals surface area contributed by atoms with Gasteiger partial charge in [0, 0.05) is 31.1 Å². The number of aromatic nitrogens is 1. The SMILES string of the molecule is C[C@@H](C(=O)N[C@H](C(=O)N1CCC[C@H]1c1nc(C(=O)c2cccc(OCCOCCOCCOCCN)c2)cs1)C1CCCCC1)N(C)C(=O)O. The van der Waals surface area contributed by atoms with Crippen LogP contribution in [-0.2, 0) is 23.8 Å². The van der Waals surface area contributed by atoms with Crippen LogP contribution in [0.1, 0.15) is 79.0 Å². The van der Waals surface area contributed by atoms with Crippen LogP contribution in [0.25, 0.3) is 0 Å². The number of ketones is 1. The first-order chi connectivity index (χ1) is 24.2. The summed E-state index contributed by atoms with van der Waals surface area (Å²) in [5.41, 5.74) is 6.10. The van der Waals surface area contributed by atoms with Crippen LogP contribution in [0, 0.1) is 5.92 Å². The Kier molecular flexibility index (Phi) is 15.9. The van der Waals surface area contributed by atoms with Gasteiger partial charge in [-0.1, -0.05) is 31.4 Å². The Hall–Kier alpha value is -3.63. The van der Waals surface area contributed by atoms with Gasteiger partial charge in [0.05, 0.1) is 45.7 Å². The molecule has 1 saturated carbocycles. The van der Waals surface area contributed by atoms with Crippen molar-refractivity contribution in [1.82, 2.24) is 20.1 Å². The first-order valence-corrected chi connectivity index (χ1v) is 18.3. The number of likely N-dealkylation sites (N-methyl/N-ethyl adjacent to an activating group) is 1. The Labute approximate surface area is 297 Å². The summed E-state index contributed by atoms with van der Waals surface area (Å²) in [7, 11) is 1.34. The number of thiazole rings is 1. The van der Waals surface area contributed by atoms with Crippen molar-refractivity contribution in [2.45, 2.75) is 70.0 Å². The van der Waals surface area contributed by atoms with E-state index in [0.29, 0.717) is 87.8 Å². The second-order valence-electron chi connectivity index (χ2n) is 12.5. The molecule has 4 rings (SSSR count). The van der Waals surface area contributed by atoms with Crippen LogP contribution >= 0.6 is 11.3 Å². The molecule has 4 N–H and O–H groups in total. The van der Waals surface area contributed by atoms with Crippen LogP contribution in [0.3, 0.4) is 0 Å². The lowest BCUT2D eigenvalue weighted by molar-refractivity contribution is -0.140. The number of nitrogens with zero attached hydrogens (tertiary/aromatic N) is 3. The minimum atomic E-state index is -1.22. The Morgan fingerprint density at radius 1 is 1.00 bits per heavy atom. The molecule has 1 aromatic carbocycles. The highest BCUT2D eigenvalue weighted by Crippen LogP contribution is 2.36. The topological polar surface area (TPSA) is 183 Å². The molecule has 2 aliphatic rings. The molecule has 276 valence electrons. The van der Waals surface area contributed by atoms with Crippen LogP contribution < -0.4 is 15.8 Å². The van der Waals surface area contributed by atoms with Gasteiger partial charge in [-0.3, -0.25) is 19.3 Å². The first kappa shape index (κ1) is 39.2. The summed E-state index contributed by atoms with van der Waals surface area (Å²) in [6.45, 7) is 5.53. The van der Waals surface area contributed by atoms with Crippen molar-refractivity contribution in [2.75, 3.05) is 66.4 Å². The molecule has 0 bridgehead atoms. The summed E-state index contributed by atoms with van der Waals surface area (Å²) in [6.07, 6.45) is 4.89. The highest BCUT2D eigenvalue weighted by molar-refractivity contribution is 7.10. The number of benzene rings is 1. The molecule has 0 spiro atoms. The average molecular weight is 718 g/mol. The monoisotopic (exact) mass is 717 g/mol. The summed E-state index contributed by atoms with van der Waals surface area (Å²) >= 11 is 1.34. The zero-order valence-electron chi connectivity index (χ0n) is 29.1. The molecule has 1 aliphatic carbocycles. The molecule has 2 aromatic rings. The van der Waals surface area contributed by atoms with Gasteiger partial charge >= 0.3 is 6.09 Å². The lowest BCUT2D eigenvalue weighted by Gasteiger charge is -2.35. The standard InChI is InChI=1S/C35H51N5O9S/c1-24(39(2)35(44)45)32(42)38-30(25-8-4-3-5-9-25)34(43)40-14-7-12-29(40)33-37-28(23-50-33)31(41)26-10-6-11-27(22-26)49-21-20-48-19-18-47-17-16-46-15-13-36/h6,10-11,22-25,29-30H,3-5,7-9,12-21,36H2,1-2H3,(H,38,42)(H,44,45)/t24-,29-,30-/m0/s1. The van der Waals surface area contributed by atoms with Gasteiger partial charge in [0.15, 0.2) is 0 Å². The normalized spacial score (nSPS) is 17.7. The van der Waals surface area contributed by atoms with E-state index in [-0.39, 0.29) is 23.7 Å². The van der Waals surface area contributed by atoms with E-state index in [1.54, 1.807) is 34.5 Å². The minimum Gasteiger partial charge on any atom is -0.491 e. The number of hydrogen-bond donors (Lipinski definition) is 3. The molecule has 15 heteroatoms. The maximum Gasteiger partial charge on any atom is 0.407 e. The lowest BCUT2D eigenvalue weighted by atomic mass is 9.83. The number of carbonyl (C=O) groups excluding carboxylic acids is 3. The van der Waals surface area contributed by atoms with Crippen LogP contribution in [0.2, 0.25) is 0 Å². The number of hydrogen-bond acceptors (Lipinski definition) is 11. The second-order valence-corrected chi connectivity index (χ2v) is 13.4. The molecule has 2 fully saturated rings. The molecule has 0 unspecified atom stereocenters. The van der Waals surface area contributed by atoms with Crippen molar-refractivity contribution in [3.05, 3.63) is 45.9 Å². The third-order valence-electron chi connectivity index (χ3n) is 9.12. The van der Waals surface area contributed by atoms with E-state index in [1.807, 2.05) is 0 Å². The van der Waals surface area contributed by atoms with Gasteiger partial charge in [0.2, 0.25) is 17.6 Å². The summed E-state index contributed by atoms with van der Waals surface area (Å²) in [4.78, 5) is 59.7. The van der Waals surface area contributed by atoms with Crippen LogP contribution in [-0.4, -0.2) is 122 Å². The molecule has 3 amide bonds. The molecule has 3 atom stereocenters. The minimum absolute atomic E-state index is 0.0375. The molecule has 1 saturated heterocycles. The molecular weight excluding hydrogens is 666 g/mol. The quantitative estimate of drug-likeness (QED) is 0.135. The summed E-state index contributed by atoms with van der Waals surface area (Å²) < 4.78 is 22.0. The number of carbonyl (C=O) groups is 4. The second kappa shape index (κ2) is 20.3. The van der Waals surface area contributed by atoms with Crippen LogP contribution in [0.4, 0.5) is 4.79 Å². The predicted molar refractivity (Wildman–Crippen MR) is 186 cm³/mol. The van der Waals surface area contributed by atoms with Crippen molar-refractivity contribution < 1.29 is 43.2 Å². The summed E-state index contributed by atoms with van der Waals surface area (Å²) in [6, 6.07) is 4.89. The molecular formula is C35H51N5O9S. The largest absolute Gasteiger partial charge is 0.491 e. The van der Waals surface area contributed by atoms with E-state index >= 15 is 0 Å². The Morgan fingerprint density at radius 3 is 2.36 bits per heavy atom. The van der Waals surface area contributed by atoms with Crippen LogP contribution in [0.15, 0.2) is 29.6 Å².